The zero-order chi connectivity index (χ0) is 21.8. The number of nitrogens with one attached hydrogen (secondary N) is 2. The summed E-state index contributed by atoms with van der Waals surface area (Å²) in [5.74, 6) is 1.42. The number of fused-ring (bicyclic) bond motifs is 3. The van der Waals surface area contributed by atoms with E-state index >= 15 is 0 Å². The summed E-state index contributed by atoms with van der Waals surface area (Å²) in [4.78, 5) is 7.89. The monoisotopic (exact) mass is 416 g/mol. The Bertz CT molecular complexity index is 1150. The number of allylic oxidation sites excluding steroid dienone is 4. The fraction of sp³-hybridized carbons (Fsp3) is 0.440. The van der Waals surface area contributed by atoms with Gasteiger partial charge < -0.3 is 4.98 Å². The van der Waals surface area contributed by atoms with Gasteiger partial charge in [0.25, 0.3) is 5.95 Å². The lowest BCUT2D eigenvalue weighted by Gasteiger charge is -2.25. The average Bonchev–Trinajstić information content (AvgIpc) is 3.12. The zero-order valence-electron chi connectivity index (χ0n) is 18.9. The molecule has 2 N–H and O–H groups in total. The number of hydrogen-bond donors (Lipinski definition) is 2. The molecule has 0 aliphatic heterocycles. The van der Waals surface area contributed by atoms with Gasteiger partial charge in [-0.25, -0.2) is 5.43 Å². The first-order valence-electron chi connectivity index (χ1n) is 11.3. The van der Waals surface area contributed by atoms with Crippen molar-refractivity contribution in [2.24, 2.45) is 16.9 Å². The first-order valence-corrected chi connectivity index (χ1v) is 11.3. The van der Waals surface area contributed by atoms with E-state index in [4.69, 9.17) is 0 Å². The molecule has 0 saturated heterocycles. The predicted molar refractivity (Wildman–Crippen MR) is 129 cm³/mol. The van der Waals surface area contributed by atoms with Gasteiger partial charge in [-0.15, -0.1) is 10.2 Å². The molecule has 31 heavy (non-hydrogen) atoms. The van der Waals surface area contributed by atoms with Crippen LogP contribution in [0.4, 0.5) is 5.95 Å². The van der Waals surface area contributed by atoms with E-state index in [1.807, 2.05) is 6.21 Å². The second kappa shape index (κ2) is 9.41. The van der Waals surface area contributed by atoms with E-state index in [0.29, 0.717) is 17.8 Å². The summed E-state index contributed by atoms with van der Waals surface area (Å²) in [7, 11) is 0. The first-order chi connectivity index (χ1) is 15.0. The molecule has 0 spiro atoms. The molecule has 2 atom stereocenters. The summed E-state index contributed by atoms with van der Waals surface area (Å²) in [5.41, 5.74) is 9.76. The molecule has 1 aliphatic carbocycles. The number of benzene rings is 1. The van der Waals surface area contributed by atoms with Crippen molar-refractivity contribution in [1.82, 2.24) is 20.2 Å². The van der Waals surface area contributed by atoms with E-state index < -0.39 is 0 Å². The van der Waals surface area contributed by atoms with Gasteiger partial charge in [-0.2, -0.15) is 10.1 Å². The van der Waals surface area contributed by atoms with Crippen LogP contribution in [0.5, 0.6) is 0 Å². The third-order valence-electron chi connectivity index (χ3n) is 6.13. The molecule has 1 aliphatic rings. The Labute approximate surface area is 184 Å². The maximum Gasteiger partial charge on any atom is 0.265 e. The number of aromatic nitrogens is 4. The summed E-state index contributed by atoms with van der Waals surface area (Å²) in [5, 5.41) is 14.1. The van der Waals surface area contributed by atoms with Crippen LogP contribution in [0.15, 0.2) is 46.6 Å². The summed E-state index contributed by atoms with van der Waals surface area (Å²) in [6, 6.07) is 6.36. The minimum atomic E-state index is 0.410. The first kappa shape index (κ1) is 21.2. The van der Waals surface area contributed by atoms with Crippen molar-refractivity contribution < 1.29 is 0 Å². The Hall–Kier alpha value is -3.02. The Balaban J connectivity index is 1.40. The highest BCUT2D eigenvalue weighted by Crippen LogP contribution is 2.30. The minimum Gasteiger partial charge on any atom is -0.338 e. The van der Waals surface area contributed by atoms with Crippen molar-refractivity contribution in [3.63, 3.8) is 0 Å². The van der Waals surface area contributed by atoms with Gasteiger partial charge in [0.15, 0.2) is 5.65 Å². The highest BCUT2D eigenvalue weighted by atomic mass is 15.4. The summed E-state index contributed by atoms with van der Waals surface area (Å²) < 4.78 is 0. The van der Waals surface area contributed by atoms with Gasteiger partial charge in [0.2, 0.25) is 0 Å². The molecular weight excluding hydrogens is 384 g/mol. The van der Waals surface area contributed by atoms with Crippen LogP contribution in [0.1, 0.15) is 58.9 Å². The van der Waals surface area contributed by atoms with E-state index in [0.717, 1.165) is 47.8 Å². The fourth-order valence-corrected chi connectivity index (χ4v) is 4.22. The smallest absolute Gasteiger partial charge is 0.265 e. The second-order valence-electron chi connectivity index (χ2n) is 8.84. The number of rotatable bonds is 7. The van der Waals surface area contributed by atoms with Crippen LogP contribution in [0.3, 0.4) is 0 Å². The molecule has 162 valence electrons. The largest absolute Gasteiger partial charge is 0.338 e. The van der Waals surface area contributed by atoms with Crippen molar-refractivity contribution in [1.29, 1.82) is 0 Å². The maximum absolute atomic E-state index is 4.56. The Kier molecular flexibility index (Phi) is 6.44. The normalized spacial score (nSPS) is 19.2. The van der Waals surface area contributed by atoms with Crippen LogP contribution < -0.4 is 5.43 Å². The number of H-pyrrole nitrogens is 1. The molecule has 3 aromatic rings. The number of nitrogens with zero attached hydrogens (tertiary/aromatic N) is 4. The lowest BCUT2D eigenvalue weighted by molar-refractivity contribution is 0.431. The Morgan fingerprint density at radius 1 is 1.29 bits per heavy atom. The molecule has 0 radical (unpaired) electrons. The fourth-order valence-electron chi connectivity index (χ4n) is 4.22. The Morgan fingerprint density at radius 3 is 2.94 bits per heavy atom. The molecule has 1 aromatic carbocycles. The Morgan fingerprint density at radius 2 is 2.16 bits per heavy atom. The lowest BCUT2D eigenvalue weighted by Crippen LogP contribution is -2.18. The quantitative estimate of drug-likeness (QED) is 0.274. The van der Waals surface area contributed by atoms with E-state index in [2.05, 4.69) is 88.7 Å². The van der Waals surface area contributed by atoms with Crippen LogP contribution in [-0.2, 0) is 6.42 Å². The number of aromatic amines is 1. The van der Waals surface area contributed by atoms with Gasteiger partial charge in [0, 0.05) is 23.0 Å². The van der Waals surface area contributed by atoms with Gasteiger partial charge in [0.1, 0.15) is 5.52 Å². The molecule has 6 nitrogen and oxygen atoms in total. The van der Waals surface area contributed by atoms with E-state index in [1.54, 1.807) is 5.57 Å². The number of anilines is 1. The summed E-state index contributed by atoms with van der Waals surface area (Å²) >= 11 is 0. The summed E-state index contributed by atoms with van der Waals surface area (Å²) in [6.45, 7) is 8.78. The molecule has 4 rings (SSSR count). The number of hydrazone groups is 1. The predicted octanol–water partition coefficient (Wildman–Crippen LogP) is 6.19. The molecule has 6 heteroatoms. The van der Waals surface area contributed by atoms with E-state index in [-0.39, 0.29) is 0 Å². The molecule has 0 saturated carbocycles. The molecule has 0 unspecified atom stereocenters. The molecule has 0 bridgehead atoms. The summed E-state index contributed by atoms with van der Waals surface area (Å²) in [6.07, 6.45) is 12.2. The highest BCUT2D eigenvalue weighted by Gasteiger charge is 2.20. The van der Waals surface area contributed by atoms with Gasteiger partial charge in [-0.05, 0) is 69.6 Å². The third-order valence-corrected chi connectivity index (χ3v) is 6.13. The lowest BCUT2D eigenvalue weighted by atomic mass is 9.80. The minimum absolute atomic E-state index is 0.410. The van der Waals surface area contributed by atoms with Gasteiger partial charge >= 0.3 is 0 Å². The van der Waals surface area contributed by atoms with Gasteiger partial charge in [-0.3, -0.25) is 0 Å². The zero-order valence-corrected chi connectivity index (χ0v) is 18.9. The van der Waals surface area contributed by atoms with Crippen molar-refractivity contribution in [2.45, 2.75) is 59.8 Å². The van der Waals surface area contributed by atoms with Crippen molar-refractivity contribution in [3.8, 4) is 0 Å². The van der Waals surface area contributed by atoms with Crippen molar-refractivity contribution in [2.75, 3.05) is 5.43 Å². The van der Waals surface area contributed by atoms with Crippen LogP contribution >= 0.6 is 0 Å². The standard InChI is InChI=1S/C25H32N6/c1-5-18-10-12-22-21(14-18)23-24(27-22)28-25(31-29-23)30-26-15-20-11-9-19(13-17(20)4)8-6-7-16(2)3/h7,9-10,12,14-15,17,20H,5-6,8,11,13H2,1-4H3,(H2,27,28,30,31)/b26-15-/t17-,20-/m0/s1. The number of aryl methyl sites for hydroxylation is 1. The maximum atomic E-state index is 4.56. The number of hydrogen-bond acceptors (Lipinski definition) is 5. The van der Waals surface area contributed by atoms with Crippen LogP contribution in [-0.4, -0.2) is 26.4 Å². The third kappa shape index (κ3) is 5.01. The van der Waals surface area contributed by atoms with Crippen molar-refractivity contribution >= 4 is 34.2 Å². The highest BCUT2D eigenvalue weighted by molar-refractivity contribution is 6.03. The molecule has 2 heterocycles. The SMILES string of the molecule is CCc1ccc2[nH]c3nc(N/N=C\[C@@H]4CC=C(CCC=C(C)C)C[C@@H]4C)nnc3c2c1. The second-order valence-corrected chi connectivity index (χ2v) is 8.84. The van der Waals surface area contributed by atoms with Crippen LogP contribution in [0.25, 0.3) is 22.1 Å². The average molecular weight is 417 g/mol. The van der Waals surface area contributed by atoms with Gasteiger partial charge in [0.05, 0.1) is 0 Å². The topological polar surface area (TPSA) is 78.9 Å². The van der Waals surface area contributed by atoms with Gasteiger partial charge in [-0.1, -0.05) is 43.2 Å². The van der Waals surface area contributed by atoms with Crippen LogP contribution in [0.2, 0.25) is 0 Å². The van der Waals surface area contributed by atoms with Crippen molar-refractivity contribution in [3.05, 3.63) is 47.1 Å². The van der Waals surface area contributed by atoms with Crippen LogP contribution in [0, 0.1) is 11.8 Å². The molecular formula is C25H32N6. The van der Waals surface area contributed by atoms with E-state index in [1.165, 1.54) is 17.6 Å². The molecule has 0 fully saturated rings. The molecule has 0 amide bonds. The van der Waals surface area contributed by atoms with E-state index in [9.17, 15) is 0 Å². The molecule has 2 aromatic heterocycles.